The van der Waals surface area contributed by atoms with Gasteiger partial charge in [0.1, 0.15) is 0 Å². The number of oxazole rings is 1. The summed E-state index contributed by atoms with van der Waals surface area (Å²) in [5.74, 6) is 1.21. The zero-order valence-electron chi connectivity index (χ0n) is 17.8. The number of anilines is 1. The lowest BCUT2D eigenvalue weighted by Crippen LogP contribution is -2.36. The minimum atomic E-state index is 0.200. The number of benzene rings is 1. The van der Waals surface area contributed by atoms with Gasteiger partial charge in [0.05, 0.1) is 5.52 Å². The normalized spacial score (nSPS) is 12.3. The Morgan fingerprint density at radius 2 is 1.86 bits per heavy atom. The Labute approximate surface area is 168 Å². The molecule has 0 aliphatic rings. The molecule has 152 valence electrons. The molecule has 0 amide bonds. The molecule has 5 heteroatoms. The van der Waals surface area contributed by atoms with Gasteiger partial charge in [0.2, 0.25) is 0 Å². The van der Waals surface area contributed by atoms with Crippen LogP contribution in [0.3, 0.4) is 0 Å². The number of unbranched alkanes of at least 4 members (excludes halogenated alkanes) is 3. The largest absolute Gasteiger partial charge is 0.440 e. The van der Waals surface area contributed by atoms with Crippen molar-refractivity contribution in [2.75, 3.05) is 12.3 Å². The molecule has 3 rings (SSSR count). The van der Waals surface area contributed by atoms with Crippen molar-refractivity contribution in [1.29, 1.82) is 0 Å². The molecule has 0 spiro atoms. The van der Waals surface area contributed by atoms with E-state index in [1.165, 1.54) is 24.8 Å². The molecule has 0 saturated carbocycles. The Hall–Kier alpha value is -2.14. The van der Waals surface area contributed by atoms with E-state index in [0.29, 0.717) is 11.3 Å². The molecular formula is C23H34N4O. The van der Waals surface area contributed by atoms with Crippen LogP contribution in [0.1, 0.15) is 71.3 Å². The first-order valence-corrected chi connectivity index (χ1v) is 10.6. The minimum Gasteiger partial charge on any atom is -0.440 e. The molecule has 0 saturated heterocycles. The molecule has 0 atom stereocenters. The topological polar surface area (TPSA) is 77.0 Å². The fourth-order valence-corrected chi connectivity index (χ4v) is 3.45. The van der Waals surface area contributed by atoms with E-state index in [2.05, 4.69) is 61.2 Å². The van der Waals surface area contributed by atoms with Gasteiger partial charge >= 0.3 is 0 Å². The molecule has 0 unspecified atom stereocenters. The number of nitrogen functional groups attached to an aromatic ring is 1. The predicted molar refractivity (Wildman–Crippen MR) is 118 cm³/mol. The van der Waals surface area contributed by atoms with Gasteiger partial charge in [-0.2, -0.15) is 0 Å². The summed E-state index contributed by atoms with van der Waals surface area (Å²) >= 11 is 0. The molecule has 2 aromatic heterocycles. The number of nitrogens with two attached hydrogens (primary N) is 1. The molecule has 0 aliphatic carbocycles. The second kappa shape index (κ2) is 8.91. The molecule has 5 nitrogen and oxygen atoms in total. The standard InChI is InChI=1S/C23H34N4O/c1-5-6-11-19-27-20-21(28-19)17-15-16(12-13-18(17)26-22(20)24)10-8-7-9-14-25-23(2,3)4/h12-13,15,25H,5-11,14H2,1-4H3,(H2,24,26). The van der Waals surface area contributed by atoms with Crippen LogP contribution >= 0.6 is 0 Å². The zero-order chi connectivity index (χ0) is 20.1. The van der Waals surface area contributed by atoms with Gasteiger partial charge < -0.3 is 15.5 Å². The predicted octanol–water partition coefficient (Wildman–Crippen LogP) is 5.40. The molecule has 28 heavy (non-hydrogen) atoms. The lowest BCUT2D eigenvalue weighted by Gasteiger charge is -2.20. The average molecular weight is 383 g/mol. The Balaban J connectivity index is 1.70. The van der Waals surface area contributed by atoms with Crippen molar-refractivity contribution in [2.45, 2.75) is 78.2 Å². The molecule has 2 heterocycles. The van der Waals surface area contributed by atoms with Crippen LogP contribution in [0, 0.1) is 0 Å². The van der Waals surface area contributed by atoms with Crippen molar-refractivity contribution in [3.63, 3.8) is 0 Å². The minimum absolute atomic E-state index is 0.200. The molecule has 1 aromatic carbocycles. The summed E-state index contributed by atoms with van der Waals surface area (Å²) in [4.78, 5) is 9.11. The summed E-state index contributed by atoms with van der Waals surface area (Å²) in [6, 6.07) is 6.41. The number of nitrogens with one attached hydrogen (secondary N) is 1. The van der Waals surface area contributed by atoms with E-state index >= 15 is 0 Å². The van der Waals surface area contributed by atoms with E-state index in [4.69, 9.17) is 10.2 Å². The summed E-state index contributed by atoms with van der Waals surface area (Å²) in [6.07, 6.45) is 7.69. The maximum absolute atomic E-state index is 6.12. The first kappa shape index (κ1) is 20.6. The second-order valence-corrected chi connectivity index (χ2v) is 8.72. The highest BCUT2D eigenvalue weighted by Gasteiger charge is 2.14. The van der Waals surface area contributed by atoms with E-state index in [1.54, 1.807) is 0 Å². The van der Waals surface area contributed by atoms with Crippen LogP contribution < -0.4 is 11.1 Å². The van der Waals surface area contributed by atoms with Gasteiger partial charge in [0.25, 0.3) is 0 Å². The number of rotatable bonds is 9. The summed E-state index contributed by atoms with van der Waals surface area (Å²) in [5.41, 5.74) is 9.99. The smallest absolute Gasteiger partial charge is 0.195 e. The summed E-state index contributed by atoms with van der Waals surface area (Å²) in [7, 11) is 0. The van der Waals surface area contributed by atoms with Gasteiger partial charge in [-0.15, -0.1) is 0 Å². The highest BCUT2D eigenvalue weighted by molar-refractivity contribution is 6.05. The monoisotopic (exact) mass is 382 g/mol. The van der Waals surface area contributed by atoms with Crippen LogP contribution in [-0.2, 0) is 12.8 Å². The summed E-state index contributed by atoms with van der Waals surface area (Å²) in [5, 5.41) is 4.57. The van der Waals surface area contributed by atoms with Gasteiger partial charge in [-0.05, 0) is 70.7 Å². The van der Waals surface area contributed by atoms with E-state index in [-0.39, 0.29) is 5.54 Å². The Morgan fingerprint density at radius 1 is 1.04 bits per heavy atom. The number of hydrogen-bond acceptors (Lipinski definition) is 5. The van der Waals surface area contributed by atoms with Crippen molar-refractivity contribution in [1.82, 2.24) is 15.3 Å². The number of pyridine rings is 1. The van der Waals surface area contributed by atoms with Gasteiger partial charge in [0, 0.05) is 17.3 Å². The fraction of sp³-hybridized carbons (Fsp3) is 0.565. The summed E-state index contributed by atoms with van der Waals surface area (Å²) in [6.45, 7) is 9.87. The number of aromatic nitrogens is 2. The zero-order valence-corrected chi connectivity index (χ0v) is 17.8. The molecule has 0 fully saturated rings. The lowest BCUT2D eigenvalue weighted by atomic mass is 10.0. The fourth-order valence-electron chi connectivity index (χ4n) is 3.45. The molecular weight excluding hydrogens is 348 g/mol. The Morgan fingerprint density at radius 3 is 2.61 bits per heavy atom. The molecule has 0 aliphatic heterocycles. The van der Waals surface area contributed by atoms with E-state index in [9.17, 15) is 0 Å². The van der Waals surface area contributed by atoms with Gasteiger partial charge in [-0.1, -0.05) is 25.8 Å². The van der Waals surface area contributed by atoms with Crippen LogP contribution in [-0.4, -0.2) is 22.1 Å². The van der Waals surface area contributed by atoms with E-state index < -0.39 is 0 Å². The third-order valence-electron chi connectivity index (χ3n) is 5.00. The number of fused-ring (bicyclic) bond motifs is 3. The molecule has 0 radical (unpaired) electrons. The van der Waals surface area contributed by atoms with E-state index in [1.807, 2.05) is 0 Å². The van der Waals surface area contributed by atoms with Crippen molar-refractivity contribution >= 4 is 27.8 Å². The van der Waals surface area contributed by atoms with Crippen LogP contribution in [0.15, 0.2) is 22.6 Å². The van der Waals surface area contributed by atoms with Crippen molar-refractivity contribution < 1.29 is 4.42 Å². The quantitative estimate of drug-likeness (QED) is 0.484. The van der Waals surface area contributed by atoms with Crippen LogP contribution in [0.25, 0.3) is 22.0 Å². The highest BCUT2D eigenvalue weighted by atomic mass is 16.3. The van der Waals surface area contributed by atoms with Crippen molar-refractivity contribution in [3.05, 3.63) is 29.7 Å². The Bertz CT molecular complexity index is 924. The van der Waals surface area contributed by atoms with Crippen LogP contribution in [0.4, 0.5) is 5.82 Å². The third kappa shape index (κ3) is 5.22. The maximum Gasteiger partial charge on any atom is 0.195 e. The lowest BCUT2D eigenvalue weighted by molar-refractivity contribution is 0.417. The first-order valence-electron chi connectivity index (χ1n) is 10.6. The van der Waals surface area contributed by atoms with Crippen molar-refractivity contribution in [3.8, 4) is 0 Å². The number of hydrogen-bond donors (Lipinski definition) is 2. The van der Waals surface area contributed by atoms with Gasteiger partial charge in [-0.3, -0.25) is 0 Å². The van der Waals surface area contributed by atoms with Gasteiger partial charge in [0.15, 0.2) is 22.8 Å². The average Bonchev–Trinajstić information content (AvgIpc) is 3.07. The first-order chi connectivity index (χ1) is 13.4. The second-order valence-electron chi connectivity index (χ2n) is 8.72. The molecule has 0 bridgehead atoms. The van der Waals surface area contributed by atoms with Crippen molar-refractivity contribution in [2.24, 2.45) is 0 Å². The number of nitrogens with zero attached hydrogens (tertiary/aromatic N) is 2. The van der Waals surface area contributed by atoms with Crippen LogP contribution in [0.5, 0.6) is 0 Å². The van der Waals surface area contributed by atoms with Gasteiger partial charge in [-0.25, -0.2) is 9.97 Å². The highest BCUT2D eigenvalue weighted by Crippen LogP contribution is 2.30. The maximum atomic E-state index is 6.12. The number of aryl methyl sites for hydroxylation is 2. The molecule has 3 aromatic rings. The summed E-state index contributed by atoms with van der Waals surface area (Å²) < 4.78 is 6.07. The Kier molecular flexibility index (Phi) is 6.55. The third-order valence-corrected chi connectivity index (χ3v) is 5.00. The van der Waals surface area contributed by atoms with E-state index in [0.717, 1.165) is 54.6 Å². The van der Waals surface area contributed by atoms with Crippen LogP contribution in [0.2, 0.25) is 0 Å². The molecule has 3 N–H and O–H groups in total. The SMILES string of the molecule is CCCCc1nc2c(N)nc3ccc(CCCCCNC(C)(C)C)cc3c2o1.